The largest absolute Gasteiger partial charge is 0.343 e. The maximum atomic E-state index is 11.7. The van der Waals surface area contributed by atoms with Crippen molar-refractivity contribution in [3.8, 4) is 0 Å². The molecule has 0 bridgehead atoms. The molecule has 0 spiro atoms. The van der Waals surface area contributed by atoms with Gasteiger partial charge in [-0.05, 0) is 38.1 Å². The zero-order chi connectivity index (χ0) is 10.4. The van der Waals surface area contributed by atoms with Crippen molar-refractivity contribution >= 4 is 5.91 Å². The standard InChI is InChI=1S/C11H22N2O/c1-10(9-12)5-6-11(14)13-7-3-2-4-8-13/h10H,2-9,12H2,1H3. The van der Waals surface area contributed by atoms with Crippen molar-refractivity contribution in [2.24, 2.45) is 11.7 Å². The third-order valence-corrected chi connectivity index (χ3v) is 2.96. The molecule has 1 aliphatic rings. The number of nitrogens with zero attached hydrogens (tertiary/aromatic N) is 1. The van der Waals surface area contributed by atoms with Crippen LogP contribution in [0.2, 0.25) is 0 Å². The second-order valence-electron chi connectivity index (χ2n) is 4.32. The third kappa shape index (κ3) is 3.66. The fraction of sp³-hybridized carbons (Fsp3) is 0.909. The summed E-state index contributed by atoms with van der Waals surface area (Å²) in [6.45, 7) is 4.72. The Kier molecular flexibility index (Phi) is 4.94. The molecular weight excluding hydrogens is 176 g/mol. The molecule has 1 fully saturated rings. The summed E-state index contributed by atoms with van der Waals surface area (Å²) in [5.74, 6) is 0.800. The minimum atomic E-state index is 0.324. The molecule has 0 aromatic rings. The SMILES string of the molecule is CC(CN)CCC(=O)N1CCCCC1. The van der Waals surface area contributed by atoms with E-state index in [4.69, 9.17) is 5.73 Å². The maximum absolute atomic E-state index is 11.7. The number of rotatable bonds is 4. The molecule has 0 aromatic carbocycles. The van der Waals surface area contributed by atoms with E-state index in [9.17, 15) is 4.79 Å². The van der Waals surface area contributed by atoms with Gasteiger partial charge >= 0.3 is 0 Å². The zero-order valence-electron chi connectivity index (χ0n) is 9.17. The van der Waals surface area contributed by atoms with Gasteiger partial charge in [0, 0.05) is 19.5 Å². The molecule has 0 aromatic heterocycles. The van der Waals surface area contributed by atoms with E-state index >= 15 is 0 Å². The molecule has 2 N–H and O–H groups in total. The molecule has 1 amide bonds. The summed E-state index contributed by atoms with van der Waals surface area (Å²) in [6.07, 6.45) is 5.25. The molecule has 14 heavy (non-hydrogen) atoms. The molecule has 1 heterocycles. The molecule has 1 rings (SSSR count). The van der Waals surface area contributed by atoms with Crippen molar-refractivity contribution in [1.29, 1.82) is 0 Å². The number of carbonyl (C=O) groups is 1. The number of hydrogen-bond donors (Lipinski definition) is 1. The molecule has 1 saturated heterocycles. The highest BCUT2D eigenvalue weighted by Gasteiger charge is 2.16. The Morgan fingerprint density at radius 1 is 1.36 bits per heavy atom. The van der Waals surface area contributed by atoms with E-state index in [1.807, 2.05) is 4.90 Å². The Labute approximate surface area is 86.6 Å². The monoisotopic (exact) mass is 198 g/mol. The van der Waals surface area contributed by atoms with Crippen LogP contribution in [0.25, 0.3) is 0 Å². The Balaban J connectivity index is 2.19. The van der Waals surface area contributed by atoms with Crippen molar-refractivity contribution in [2.45, 2.75) is 39.0 Å². The van der Waals surface area contributed by atoms with E-state index in [0.29, 0.717) is 24.8 Å². The Morgan fingerprint density at radius 2 is 2.00 bits per heavy atom. The van der Waals surface area contributed by atoms with Crippen molar-refractivity contribution in [3.05, 3.63) is 0 Å². The third-order valence-electron chi connectivity index (χ3n) is 2.96. The normalized spacial score (nSPS) is 19.4. The smallest absolute Gasteiger partial charge is 0.222 e. The second kappa shape index (κ2) is 6.02. The number of hydrogen-bond acceptors (Lipinski definition) is 2. The van der Waals surface area contributed by atoms with Crippen LogP contribution in [0.15, 0.2) is 0 Å². The van der Waals surface area contributed by atoms with E-state index in [1.165, 1.54) is 19.3 Å². The number of piperidine rings is 1. The highest BCUT2D eigenvalue weighted by Crippen LogP contribution is 2.12. The highest BCUT2D eigenvalue weighted by atomic mass is 16.2. The first-order valence-corrected chi connectivity index (χ1v) is 5.72. The predicted octanol–water partition coefficient (Wildman–Crippen LogP) is 1.37. The Bertz CT molecular complexity index is 176. The summed E-state index contributed by atoms with van der Waals surface area (Å²) in [6, 6.07) is 0. The molecular formula is C11H22N2O. The van der Waals surface area contributed by atoms with Gasteiger partial charge in [-0.15, -0.1) is 0 Å². The van der Waals surface area contributed by atoms with Crippen molar-refractivity contribution in [3.63, 3.8) is 0 Å². The van der Waals surface area contributed by atoms with E-state index in [0.717, 1.165) is 19.5 Å². The number of nitrogens with two attached hydrogens (primary N) is 1. The zero-order valence-corrected chi connectivity index (χ0v) is 9.17. The minimum absolute atomic E-state index is 0.324. The molecule has 1 unspecified atom stereocenters. The van der Waals surface area contributed by atoms with Gasteiger partial charge in [-0.25, -0.2) is 0 Å². The molecule has 1 atom stereocenters. The van der Waals surface area contributed by atoms with Gasteiger partial charge in [-0.1, -0.05) is 6.92 Å². The summed E-state index contributed by atoms with van der Waals surface area (Å²) in [4.78, 5) is 13.7. The first-order chi connectivity index (χ1) is 6.74. The fourth-order valence-corrected chi connectivity index (χ4v) is 1.79. The van der Waals surface area contributed by atoms with Crippen LogP contribution < -0.4 is 5.73 Å². The molecule has 0 saturated carbocycles. The van der Waals surface area contributed by atoms with Gasteiger partial charge in [0.15, 0.2) is 0 Å². The van der Waals surface area contributed by atoms with Gasteiger partial charge in [0.1, 0.15) is 0 Å². The van der Waals surface area contributed by atoms with Gasteiger partial charge in [-0.3, -0.25) is 4.79 Å². The first kappa shape index (κ1) is 11.5. The summed E-state index contributed by atoms with van der Waals surface area (Å²) in [7, 11) is 0. The molecule has 0 radical (unpaired) electrons. The van der Waals surface area contributed by atoms with Crippen LogP contribution in [0, 0.1) is 5.92 Å². The molecule has 3 heteroatoms. The lowest BCUT2D eigenvalue weighted by molar-refractivity contribution is -0.132. The maximum Gasteiger partial charge on any atom is 0.222 e. The van der Waals surface area contributed by atoms with Gasteiger partial charge in [0.2, 0.25) is 5.91 Å². The van der Waals surface area contributed by atoms with Crippen LogP contribution in [-0.4, -0.2) is 30.4 Å². The lowest BCUT2D eigenvalue weighted by Gasteiger charge is -2.27. The molecule has 82 valence electrons. The van der Waals surface area contributed by atoms with Crippen LogP contribution in [0.5, 0.6) is 0 Å². The summed E-state index contributed by atoms with van der Waals surface area (Å²) in [5.41, 5.74) is 5.51. The minimum Gasteiger partial charge on any atom is -0.343 e. The molecule has 3 nitrogen and oxygen atoms in total. The van der Waals surface area contributed by atoms with Crippen molar-refractivity contribution in [1.82, 2.24) is 4.90 Å². The predicted molar refractivity (Wildman–Crippen MR) is 57.9 cm³/mol. The van der Waals surface area contributed by atoms with E-state index < -0.39 is 0 Å². The number of likely N-dealkylation sites (tertiary alicyclic amines) is 1. The Morgan fingerprint density at radius 3 is 2.57 bits per heavy atom. The van der Waals surface area contributed by atoms with Crippen LogP contribution in [-0.2, 0) is 4.79 Å². The lowest BCUT2D eigenvalue weighted by atomic mass is 10.0. The Hall–Kier alpha value is -0.570. The van der Waals surface area contributed by atoms with Crippen LogP contribution >= 0.6 is 0 Å². The summed E-state index contributed by atoms with van der Waals surface area (Å²) < 4.78 is 0. The van der Waals surface area contributed by atoms with Gasteiger partial charge in [-0.2, -0.15) is 0 Å². The summed E-state index contributed by atoms with van der Waals surface area (Å²) in [5, 5.41) is 0. The molecule has 0 aliphatic carbocycles. The van der Waals surface area contributed by atoms with Crippen molar-refractivity contribution < 1.29 is 4.79 Å². The van der Waals surface area contributed by atoms with E-state index in [1.54, 1.807) is 0 Å². The van der Waals surface area contributed by atoms with Crippen LogP contribution in [0.4, 0.5) is 0 Å². The fourth-order valence-electron chi connectivity index (χ4n) is 1.79. The highest BCUT2D eigenvalue weighted by molar-refractivity contribution is 5.76. The van der Waals surface area contributed by atoms with E-state index in [2.05, 4.69) is 6.92 Å². The summed E-state index contributed by atoms with van der Waals surface area (Å²) >= 11 is 0. The average molecular weight is 198 g/mol. The molecule has 1 aliphatic heterocycles. The van der Waals surface area contributed by atoms with Crippen LogP contribution in [0.3, 0.4) is 0 Å². The van der Waals surface area contributed by atoms with Crippen molar-refractivity contribution in [2.75, 3.05) is 19.6 Å². The average Bonchev–Trinajstić information content (AvgIpc) is 2.26. The number of amides is 1. The topological polar surface area (TPSA) is 46.3 Å². The lowest BCUT2D eigenvalue weighted by Crippen LogP contribution is -2.35. The van der Waals surface area contributed by atoms with Gasteiger partial charge < -0.3 is 10.6 Å². The first-order valence-electron chi connectivity index (χ1n) is 5.72. The van der Waals surface area contributed by atoms with Crippen LogP contribution in [0.1, 0.15) is 39.0 Å². The van der Waals surface area contributed by atoms with Gasteiger partial charge in [0.05, 0.1) is 0 Å². The van der Waals surface area contributed by atoms with Gasteiger partial charge in [0.25, 0.3) is 0 Å². The quantitative estimate of drug-likeness (QED) is 0.741. The van der Waals surface area contributed by atoms with E-state index in [-0.39, 0.29) is 0 Å². The number of carbonyl (C=O) groups excluding carboxylic acids is 1. The second-order valence-corrected chi connectivity index (χ2v) is 4.32.